The topological polar surface area (TPSA) is 81.9 Å². The number of piperidine rings is 1. The number of nitrogens with zero attached hydrogens (tertiary/aromatic N) is 2. The second-order valence-corrected chi connectivity index (χ2v) is 7.79. The third-order valence-corrected chi connectivity index (χ3v) is 4.52. The standard InChI is InChI=1S/C19H28N2O5/c1-13-10-16(21(23)24)17(25-5)12-15(13)20-8-6-14(7-9-20)11-18(22)26-19(2,3)4/h10,12,14H,6-9,11H2,1-5H3. The van der Waals surface area contributed by atoms with Gasteiger partial charge in [0.15, 0.2) is 5.75 Å². The van der Waals surface area contributed by atoms with Gasteiger partial charge >= 0.3 is 11.7 Å². The van der Waals surface area contributed by atoms with Crippen molar-refractivity contribution in [3.63, 3.8) is 0 Å². The van der Waals surface area contributed by atoms with Crippen LogP contribution in [0.3, 0.4) is 0 Å². The number of nitro groups is 1. The zero-order valence-corrected chi connectivity index (χ0v) is 16.2. The van der Waals surface area contributed by atoms with Gasteiger partial charge in [-0.05, 0) is 52.0 Å². The molecule has 1 aliphatic rings. The Labute approximate surface area is 154 Å². The van der Waals surface area contributed by atoms with Gasteiger partial charge in [-0.2, -0.15) is 0 Å². The molecule has 0 spiro atoms. The van der Waals surface area contributed by atoms with E-state index in [-0.39, 0.29) is 17.4 Å². The first-order valence-electron chi connectivity index (χ1n) is 8.90. The highest BCUT2D eigenvalue weighted by atomic mass is 16.6. The first-order valence-corrected chi connectivity index (χ1v) is 8.90. The molecule has 0 amide bonds. The van der Waals surface area contributed by atoms with Gasteiger partial charge < -0.3 is 14.4 Å². The van der Waals surface area contributed by atoms with Crippen LogP contribution in [-0.4, -0.2) is 36.7 Å². The second-order valence-electron chi connectivity index (χ2n) is 7.79. The van der Waals surface area contributed by atoms with Crippen molar-refractivity contribution >= 4 is 17.3 Å². The smallest absolute Gasteiger partial charge is 0.311 e. The first-order chi connectivity index (χ1) is 12.1. The van der Waals surface area contributed by atoms with Crippen LogP contribution < -0.4 is 9.64 Å². The lowest BCUT2D eigenvalue weighted by Crippen LogP contribution is -2.35. The van der Waals surface area contributed by atoms with Gasteiger partial charge in [0.05, 0.1) is 12.0 Å². The van der Waals surface area contributed by atoms with E-state index in [4.69, 9.17) is 9.47 Å². The number of hydrogen-bond donors (Lipinski definition) is 0. The molecule has 7 nitrogen and oxygen atoms in total. The number of anilines is 1. The van der Waals surface area contributed by atoms with Gasteiger partial charge in [0.25, 0.3) is 0 Å². The van der Waals surface area contributed by atoms with Crippen LogP contribution in [0.15, 0.2) is 12.1 Å². The lowest BCUT2D eigenvalue weighted by molar-refractivity contribution is -0.385. The van der Waals surface area contributed by atoms with Crippen molar-refractivity contribution in [3.8, 4) is 5.75 Å². The Kier molecular flexibility index (Phi) is 6.10. The molecular formula is C19H28N2O5. The number of carbonyl (C=O) groups excluding carboxylic acids is 1. The Morgan fingerprint density at radius 1 is 1.31 bits per heavy atom. The van der Waals surface area contributed by atoms with E-state index in [9.17, 15) is 14.9 Å². The molecule has 0 N–H and O–H groups in total. The summed E-state index contributed by atoms with van der Waals surface area (Å²) < 4.78 is 10.6. The van der Waals surface area contributed by atoms with Crippen molar-refractivity contribution in [2.45, 2.75) is 52.6 Å². The molecule has 1 heterocycles. The van der Waals surface area contributed by atoms with Gasteiger partial charge in [-0.3, -0.25) is 14.9 Å². The summed E-state index contributed by atoms with van der Waals surface area (Å²) in [5.74, 6) is 0.428. The minimum atomic E-state index is -0.454. The summed E-state index contributed by atoms with van der Waals surface area (Å²) in [6.07, 6.45) is 2.21. The molecule has 1 aromatic rings. The monoisotopic (exact) mass is 364 g/mol. The highest BCUT2D eigenvalue weighted by Crippen LogP contribution is 2.36. The maximum atomic E-state index is 12.0. The lowest BCUT2D eigenvalue weighted by Gasteiger charge is -2.34. The van der Waals surface area contributed by atoms with Crippen LogP contribution in [0.4, 0.5) is 11.4 Å². The van der Waals surface area contributed by atoms with Gasteiger partial charge in [0, 0.05) is 37.3 Å². The molecule has 0 saturated carbocycles. The van der Waals surface area contributed by atoms with Crippen molar-refractivity contribution < 1.29 is 19.2 Å². The fourth-order valence-corrected chi connectivity index (χ4v) is 3.31. The Morgan fingerprint density at radius 2 is 1.92 bits per heavy atom. The van der Waals surface area contributed by atoms with Crippen molar-refractivity contribution in [1.29, 1.82) is 0 Å². The molecule has 0 bridgehead atoms. The van der Waals surface area contributed by atoms with E-state index in [1.807, 2.05) is 27.7 Å². The summed E-state index contributed by atoms with van der Waals surface area (Å²) in [5, 5.41) is 11.1. The maximum Gasteiger partial charge on any atom is 0.311 e. The average molecular weight is 364 g/mol. The zero-order valence-electron chi connectivity index (χ0n) is 16.2. The molecule has 1 fully saturated rings. The minimum Gasteiger partial charge on any atom is -0.490 e. The predicted octanol–water partition coefficient (Wildman–Crippen LogP) is 3.86. The highest BCUT2D eigenvalue weighted by Gasteiger charge is 2.26. The third kappa shape index (κ3) is 5.09. The van der Waals surface area contributed by atoms with Crippen LogP contribution in [0.1, 0.15) is 45.6 Å². The van der Waals surface area contributed by atoms with Crippen molar-refractivity contribution in [2.75, 3.05) is 25.1 Å². The Bertz CT molecular complexity index is 673. The number of benzene rings is 1. The molecule has 2 rings (SSSR count). The number of ether oxygens (including phenoxy) is 2. The highest BCUT2D eigenvalue weighted by molar-refractivity contribution is 5.70. The normalized spacial score (nSPS) is 15.7. The third-order valence-electron chi connectivity index (χ3n) is 4.52. The van der Waals surface area contributed by atoms with E-state index < -0.39 is 10.5 Å². The van der Waals surface area contributed by atoms with E-state index in [1.54, 1.807) is 12.1 Å². The molecule has 1 aliphatic heterocycles. The van der Waals surface area contributed by atoms with Crippen LogP contribution in [-0.2, 0) is 9.53 Å². The number of nitro benzene ring substituents is 1. The van der Waals surface area contributed by atoms with E-state index in [2.05, 4.69) is 4.90 Å². The number of carbonyl (C=O) groups is 1. The molecule has 0 atom stereocenters. The van der Waals surface area contributed by atoms with Crippen LogP contribution in [0.25, 0.3) is 0 Å². The van der Waals surface area contributed by atoms with Gasteiger partial charge in [0.2, 0.25) is 0 Å². The molecule has 0 aromatic heterocycles. The molecule has 0 aliphatic carbocycles. The van der Waals surface area contributed by atoms with Gasteiger partial charge in [0.1, 0.15) is 5.60 Å². The first kappa shape index (κ1) is 20.0. The molecule has 26 heavy (non-hydrogen) atoms. The molecule has 0 unspecified atom stereocenters. The van der Waals surface area contributed by atoms with Crippen LogP contribution in [0.2, 0.25) is 0 Å². The molecule has 7 heteroatoms. The number of hydrogen-bond acceptors (Lipinski definition) is 6. The molecule has 1 saturated heterocycles. The predicted molar refractivity (Wildman–Crippen MR) is 99.8 cm³/mol. The van der Waals surface area contributed by atoms with Gasteiger partial charge in [-0.1, -0.05) is 0 Å². The van der Waals surface area contributed by atoms with Crippen molar-refractivity contribution in [3.05, 3.63) is 27.8 Å². The van der Waals surface area contributed by atoms with Gasteiger partial charge in [-0.25, -0.2) is 0 Å². The second kappa shape index (κ2) is 7.93. The summed E-state index contributed by atoms with van der Waals surface area (Å²) in [6, 6.07) is 3.29. The quantitative estimate of drug-likeness (QED) is 0.448. The van der Waals surface area contributed by atoms with Crippen LogP contribution >= 0.6 is 0 Å². The van der Waals surface area contributed by atoms with Crippen molar-refractivity contribution in [2.24, 2.45) is 5.92 Å². The fourth-order valence-electron chi connectivity index (χ4n) is 3.31. The summed E-state index contributed by atoms with van der Waals surface area (Å²) in [5.41, 5.74) is 1.32. The Balaban J connectivity index is 2.02. The van der Waals surface area contributed by atoms with Crippen LogP contribution in [0.5, 0.6) is 5.75 Å². The molecule has 1 aromatic carbocycles. The summed E-state index contributed by atoms with van der Waals surface area (Å²) in [6.45, 7) is 9.09. The number of methoxy groups -OCH3 is 1. The SMILES string of the molecule is COc1cc(N2CCC(CC(=O)OC(C)(C)C)CC2)c(C)cc1[N+](=O)[O-]. The van der Waals surface area contributed by atoms with E-state index in [1.165, 1.54) is 7.11 Å². The summed E-state index contributed by atoms with van der Waals surface area (Å²) in [4.78, 5) is 24.9. The van der Waals surface area contributed by atoms with E-state index >= 15 is 0 Å². The average Bonchev–Trinajstić information content (AvgIpc) is 2.53. The number of rotatable bonds is 5. The Hall–Kier alpha value is -2.31. The zero-order chi connectivity index (χ0) is 19.5. The van der Waals surface area contributed by atoms with Crippen LogP contribution in [0, 0.1) is 23.0 Å². The number of esters is 1. The fraction of sp³-hybridized carbons (Fsp3) is 0.632. The lowest BCUT2D eigenvalue weighted by atomic mass is 9.93. The summed E-state index contributed by atoms with van der Waals surface area (Å²) >= 11 is 0. The van der Waals surface area contributed by atoms with Crippen molar-refractivity contribution in [1.82, 2.24) is 0 Å². The maximum absolute atomic E-state index is 12.0. The minimum absolute atomic E-state index is 0.0199. The molecule has 144 valence electrons. The van der Waals surface area contributed by atoms with Gasteiger partial charge in [-0.15, -0.1) is 0 Å². The number of aryl methyl sites for hydroxylation is 1. The van der Waals surface area contributed by atoms with E-state index in [0.717, 1.165) is 37.2 Å². The Morgan fingerprint density at radius 3 is 2.42 bits per heavy atom. The largest absolute Gasteiger partial charge is 0.490 e. The van der Waals surface area contributed by atoms with E-state index in [0.29, 0.717) is 12.3 Å². The molecule has 0 radical (unpaired) electrons. The molecular weight excluding hydrogens is 336 g/mol. The summed E-state index contributed by atoms with van der Waals surface area (Å²) in [7, 11) is 1.44.